The van der Waals surface area contributed by atoms with E-state index < -0.39 is 0 Å². The van der Waals surface area contributed by atoms with Crippen LogP contribution in [0, 0.1) is 0 Å². The predicted octanol–water partition coefficient (Wildman–Crippen LogP) is 6.82. The van der Waals surface area contributed by atoms with Crippen molar-refractivity contribution in [2.24, 2.45) is 0 Å². The Labute approximate surface area is 198 Å². The quantitative estimate of drug-likeness (QED) is 0.226. The minimum Gasteiger partial charge on any atom is -0.464 e. The van der Waals surface area contributed by atoms with Crippen molar-refractivity contribution < 1.29 is 19.1 Å². The molecule has 5 nitrogen and oxygen atoms in total. The third-order valence-corrected chi connectivity index (χ3v) is 6.43. The van der Waals surface area contributed by atoms with E-state index in [4.69, 9.17) is 9.47 Å². The van der Waals surface area contributed by atoms with Crippen molar-refractivity contribution in [1.82, 2.24) is 4.90 Å². The van der Waals surface area contributed by atoms with Gasteiger partial charge in [0.1, 0.15) is 13.2 Å². The van der Waals surface area contributed by atoms with Gasteiger partial charge in [-0.2, -0.15) is 0 Å². The molecule has 0 N–H and O–H groups in total. The number of carbonyl (C=O) groups is 2. The summed E-state index contributed by atoms with van der Waals surface area (Å²) in [5.41, 5.74) is 0. The summed E-state index contributed by atoms with van der Waals surface area (Å²) in [5, 5.41) is 0. The number of hydrogen-bond acceptors (Lipinski definition) is 5. The monoisotopic (exact) mass is 453 g/mol. The van der Waals surface area contributed by atoms with Gasteiger partial charge in [-0.15, -0.1) is 0 Å². The molecule has 1 aliphatic heterocycles. The lowest BCUT2D eigenvalue weighted by Crippen LogP contribution is -2.33. The van der Waals surface area contributed by atoms with Gasteiger partial charge in [-0.05, 0) is 25.8 Å². The molecule has 0 aromatic carbocycles. The summed E-state index contributed by atoms with van der Waals surface area (Å²) in [6, 6.07) is 0. The Hall–Kier alpha value is -1.10. The van der Waals surface area contributed by atoms with Crippen molar-refractivity contribution >= 4 is 11.9 Å². The van der Waals surface area contributed by atoms with Gasteiger partial charge >= 0.3 is 11.9 Å². The highest BCUT2D eigenvalue weighted by Gasteiger charge is 2.10. The molecule has 32 heavy (non-hydrogen) atoms. The van der Waals surface area contributed by atoms with E-state index in [9.17, 15) is 9.59 Å². The lowest BCUT2D eigenvalue weighted by atomic mass is 10.1. The maximum atomic E-state index is 11.9. The molecule has 0 unspecified atom stereocenters. The average molecular weight is 454 g/mol. The fourth-order valence-corrected chi connectivity index (χ4v) is 4.30. The highest BCUT2D eigenvalue weighted by atomic mass is 16.5. The summed E-state index contributed by atoms with van der Waals surface area (Å²) in [7, 11) is 0. The van der Waals surface area contributed by atoms with Gasteiger partial charge in [0.15, 0.2) is 0 Å². The van der Waals surface area contributed by atoms with Crippen LogP contribution in [0.5, 0.6) is 0 Å². The minimum atomic E-state index is -0.0752. The highest BCUT2D eigenvalue weighted by Crippen LogP contribution is 2.13. The van der Waals surface area contributed by atoms with Crippen LogP contribution in [0.25, 0.3) is 0 Å². The van der Waals surface area contributed by atoms with E-state index in [0.717, 1.165) is 58.2 Å². The fourth-order valence-electron chi connectivity index (χ4n) is 4.30. The Morgan fingerprint density at radius 3 is 1.47 bits per heavy atom. The largest absolute Gasteiger partial charge is 0.464 e. The average Bonchev–Trinajstić information content (AvgIpc) is 2.78. The van der Waals surface area contributed by atoms with E-state index in [0.29, 0.717) is 26.1 Å². The number of esters is 2. The summed E-state index contributed by atoms with van der Waals surface area (Å²) in [6.07, 6.45) is 22.0. The summed E-state index contributed by atoms with van der Waals surface area (Å²) in [4.78, 5) is 26.1. The maximum absolute atomic E-state index is 11.9. The summed E-state index contributed by atoms with van der Waals surface area (Å²) >= 11 is 0. The first-order valence-electron chi connectivity index (χ1n) is 13.8. The first kappa shape index (κ1) is 28.9. The summed E-state index contributed by atoms with van der Waals surface area (Å²) in [6.45, 7) is 5.57. The molecule has 1 heterocycles. The molecule has 0 spiro atoms. The van der Waals surface area contributed by atoms with Crippen molar-refractivity contribution in [3.05, 3.63) is 0 Å². The van der Waals surface area contributed by atoms with Crippen LogP contribution in [0.3, 0.4) is 0 Å². The zero-order chi connectivity index (χ0) is 23.1. The van der Waals surface area contributed by atoms with E-state index in [1.807, 2.05) is 0 Å². The zero-order valence-corrected chi connectivity index (χ0v) is 21.1. The van der Waals surface area contributed by atoms with E-state index in [1.54, 1.807) is 0 Å². The van der Waals surface area contributed by atoms with Gasteiger partial charge in [0.05, 0.1) is 0 Å². The number of ether oxygens (including phenoxy) is 2. The van der Waals surface area contributed by atoms with Crippen LogP contribution >= 0.6 is 0 Å². The van der Waals surface area contributed by atoms with E-state index in [2.05, 4.69) is 11.8 Å². The molecular formula is C27H51NO4. The Balaban J connectivity index is 2.15. The van der Waals surface area contributed by atoms with Gasteiger partial charge in [0.2, 0.25) is 0 Å². The normalized spacial score (nSPS) is 18.3. The van der Waals surface area contributed by atoms with Crippen molar-refractivity contribution in [2.45, 2.75) is 129 Å². The van der Waals surface area contributed by atoms with E-state index >= 15 is 0 Å². The zero-order valence-electron chi connectivity index (χ0n) is 21.1. The molecule has 0 amide bonds. The third-order valence-electron chi connectivity index (χ3n) is 6.43. The number of hydrogen-bond donors (Lipinski definition) is 0. The van der Waals surface area contributed by atoms with Crippen molar-refractivity contribution in [3.63, 3.8) is 0 Å². The van der Waals surface area contributed by atoms with Gasteiger partial charge in [0.25, 0.3) is 0 Å². The molecule has 0 aliphatic carbocycles. The molecule has 5 heteroatoms. The Morgan fingerprint density at radius 2 is 1.00 bits per heavy atom. The standard InChI is InChI=1S/C27H51NO4/c1-2-3-4-5-6-7-8-9-10-11-15-18-21-28-22-24-31-26(29)19-16-13-12-14-17-20-27(30)32-25-23-28/h2-25H2,1H3. The highest BCUT2D eigenvalue weighted by molar-refractivity contribution is 5.69. The Morgan fingerprint density at radius 1 is 0.594 bits per heavy atom. The lowest BCUT2D eigenvalue weighted by Gasteiger charge is -2.22. The molecule has 0 bridgehead atoms. The predicted molar refractivity (Wildman–Crippen MR) is 132 cm³/mol. The molecular weight excluding hydrogens is 402 g/mol. The van der Waals surface area contributed by atoms with Crippen molar-refractivity contribution in [2.75, 3.05) is 32.8 Å². The molecule has 188 valence electrons. The molecule has 1 rings (SSSR count). The minimum absolute atomic E-state index is 0.0752. The van der Waals surface area contributed by atoms with Gasteiger partial charge in [-0.1, -0.05) is 96.8 Å². The molecule has 0 saturated carbocycles. The van der Waals surface area contributed by atoms with Gasteiger partial charge < -0.3 is 9.47 Å². The van der Waals surface area contributed by atoms with Gasteiger partial charge in [-0.25, -0.2) is 0 Å². The number of nitrogens with zero attached hydrogens (tertiary/aromatic N) is 1. The lowest BCUT2D eigenvalue weighted by molar-refractivity contribution is -0.144. The van der Waals surface area contributed by atoms with E-state index in [1.165, 1.54) is 70.6 Å². The second kappa shape index (κ2) is 21.7. The van der Waals surface area contributed by atoms with Crippen molar-refractivity contribution in [3.8, 4) is 0 Å². The SMILES string of the molecule is CCCCCCCCCCCCCCN1CCOC(=O)CCCCCCCC(=O)OCC1. The van der Waals surface area contributed by atoms with Crippen LogP contribution in [0.4, 0.5) is 0 Å². The second-order valence-electron chi connectivity index (χ2n) is 9.44. The number of rotatable bonds is 13. The van der Waals surface area contributed by atoms with Gasteiger partial charge in [-0.3, -0.25) is 14.5 Å². The molecule has 0 radical (unpaired) electrons. The topological polar surface area (TPSA) is 55.8 Å². The second-order valence-corrected chi connectivity index (χ2v) is 9.44. The third kappa shape index (κ3) is 18.5. The van der Waals surface area contributed by atoms with Crippen LogP contribution in [0.1, 0.15) is 129 Å². The molecule has 1 fully saturated rings. The number of carbonyl (C=O) groups excluding carboxylic acids is 2. The molecule has 1 aliphatic rings. The number of unbranched alkanes of at least 4 members (excludes halogenated alkanes) is 11. The molecule has 0 aromatic rings. The van der Waals surface area contributed by atoms with Crippen LogP contribution in [0.15, 0.2) is 0 Å². The number of cyclic esters (lactones) is 2. The molecule has 0 aromatic heterocycles. The summed E-state index contributed by atoms with van der Waals surface area (Å²) in [5.74, 6) is -0.150. The molecule has 0 atom stereocenters. The summed E-state index contributed by atoms with van der Waals surface area (Å²) < 4.78 is 10.8. The van der Waals surface area contributed by atoms with Crippen LogP contribution in [-0.2, 0) is 19.1 Å². The van der Waals surface area contributed by atoms with Crippen LogP contribution in [0.2, 0.25) is 0 Å². The van der Waals surface area contributed by atoms with Crippen molar-refractivity contribution in [1.29, 1.82) is 0 Å². The first-order valence-corrected chi connectivity index (χ1v) is 13.8. The smallest absolute Gasteiger partial charge is 0.305 e. The Kier molecular flexibility index (Phi) is 19.6. The fraction of sp³-hybridized carbons (Fsp3) is 0.926. The van der Waals surface area contributed by atoms with Crippen LogP contribution < -0.4 is 0 Å². The molecule has 1 saturated heterocycles. The Bertz CT molecular complexity index is 429. The van der Waals surface area contributed by atoms with E-state index in [-0.39, 0.29) is 11.9 Å². The van der Waals surface area contributed by atoms with Gasteiger partial charge in [0, 0.05) is 25.9 Å². The van der Waals surface area contributed by atoms with Crippen LogP contribution in [-0.4, -0.2) is 49.7 Å². The maximum Gasteiger partial charge on any atom is 0.305 e. The first-order chi connectivity index (χ1) is 15.7.